The van der Waals surface area contributed by atoms with E-state index in [1.165, 1.54) is 12.1 Å². The Morgan fingerprint density at radius 3 is 2.57 bits per heavy atom. The van der Waals surface area contributed by atoms with Crippen LogP contribution in [0.1, 0.15) is 24.1 Å². The highest BCUT2D eigenvalue weighted by molar-refractivity contribution is 7.99. The summed E-state index contributed by atoms with van der Waals surface area (Å²) < 4.78 is 42.6. The van der Waals surface area contributed by atoms with Crippen LogP contribution in [0.2, 0.25) is 0 Å². The van der Waals surface area contributed by atoms with E-state index < -0.39 is 17.8 Å². The number of hydrogen-bond donors (Lipinski definition) is 1. The molecule has 0 saturated carbocycles. The van der Waals surface area contributed by atoms with Gasteiger partial charge in [-0.25, -0.2) is 0 Å². The molecule has 3 nitrogen and oxygen atoms in total. The van der Waals surface area contributed by atoms with Crippen molar-refractivity contribution in [3.8, 4) is 0 Å². The molecule has 1 heterocycles. The van der Waals surface area contributed by atoms with E-state index in [1.54, 1.807) is 18.7 Å². The standard InChI is InChI=1S/C14H16F3NO2S/c1-2-20-13(19)12-8-21-7-11(18-12)9-3-5-10(6-4-9)14(15,16)17/h3-6,11-12,18H,2,7-8H2,1H3. The minimum Gasteiger partial charge on any atom is -0.465 e. The molecule has 0 spiro atoms. The van der Waals surface area contributed by atoms with E-state index in [2.05, 4.69) is 5.32 Å². The molecule has 0 aliphatic carbocycles. The van der Waals surface area contributed by atoms with Gasteiger partial charge in [0.1, 0.15) is 6.04 Å². The van der Waals surface area contributed by atoms with Crippen LogP contribution in [0, 0.1) is 0 Å². The van der Waals surface area contributed by atoms with Crippen molar-refractivity contribution in [2.24, 2.45) is 0 Å². The first-order chi connectivity index (χ1) is 9.91. The average molecular weight is 319 g/mol. The highest BCUT2D eigenvalue weighted by atomic mass is 32.2. The number of ether oxygens (including phenoxy) is 1. The van der Waals surface area contributed by atoms with E-state index in [0.717, 1.165) is 17.7 Å². The zero-order chi connectivity index (χ0) is 15.5. The molecule has 1 fully saturated rings. The summed E-state index contributed by atoms with van der Waals surface area (Å²) in [5.74, 6) is 0.999. The third-order valence-corrected chi connectivity index (χ3v) is 4.32. The van der Waals surface area contributed by atoms with E-state index in [4.69, 9.17) is 4.74 Å². The van der Waals surface area contributed by atoms with Gasteiger partial charge in [0.2, 0.25) is 0 Å². The Bertz CT molecular complexity index is 490. The maximum Gasteiger partial charge on any atom is 0.416 e. The number of hydrogen-bond acceptors (Lipinski definition) is 4. The van der Waals surface area contributed by atoms with E-state index in [0.29, 0.717) is 18.1 Å². The highest BCUT2D eigenvalue weighted by Gasteiger charge is 2.32. The SMILES string of the molecule is CCOC(=O)C1CSCC(c2ccc(C(F)(F)F)cc2)N1. The van der Waals surface area contributed by atoms with E-state index in [1.807, 2.05) is 0 Å². The molecule has 1 aromatic carbocycles. The van der Waals surface area contributed by atoms with Gasteiger partial charge in [0.25, 0.3) is 0 Å². The number of alkyl halides is 3. The number of esters is 1. The fraction of sp³-hybridized carbons (Fsp3) is 0.500. The molecule has 116 valence electrons. The quantitative estimate of drug-likeness (QED) is 0.869. The Kier molecular flexibility index (Phi) is 5.16. The van der Waals surface area contributed by atoms with Crippen LogP contribution in [-0.2, 0) is 15.7 Å². The summed E-state index contributed by atoms with van der Waals surface area (Å²) in [5, 5.41) is 3.14. The van der Waals surface area contributed by atoms with Gasteiger partial charge in [0.05, 0.1) is 12.2 Å². The number of carbonyl (C=O) groups excluding carboxylic acids is 1. The van der Waals surface area contributed by atoms with Gasteiger partial charge in [-0.1, -0.05) is 12.1 Å². The topological polar surface area (TPSA) is 38.3 Å². The predicted octanol–water partition coefficient (Wildman–Crippen LogP) is 3.01. The lowest BCUT2D eigenvalue weighted by molar-refractivity contribution is -0.145. The molecule has 0 amide bonds. The van der Waals surface area contributed by atoms with Crippen LogP contribution in [0.3, 0.4) is 0 Å². The molecule has 21 heavy (non-hydrogen) atoms. The molecule has 0 aromatic heterocycles. The van der Waals surface area contributed by atoms with Gasteiger partial charge in [0.15, 0.2) is 0 Å². The number of benzene rings is 1. The monoisotopic (exact) mass is 319 g/mol. The second kappa shape index (κ2) is 6.70. The van der Waals surface area contributed by atoms with Crippen molar-refractivity contribution in [3.63, 3.8) is 0 Å². The Balaban J connectivity index is 2.06. The summed E-state index contributed by atoms with van der Waals surface area (Å²) >= 11 is 1.58. The molecule has 1 aliphatic heterocycles. The predicted molar refractivity (Wildman–Crippen MR) is 75.1 cm³/mol. The Labute approximate surface area is 125 Å². The Hall–Kier alpha value is -1.21. The van der Waals surface area contributed by atoms with Crippen LogP contribution in [0.4, 0.5) is 13.2 Å². The minimum absolute atomic E-state index is 0.152. The number of halogens is 3. The van der Waals surface area contributed by atoms with Gasteiger partial charge in [0, 0.05) is 17.5 Å². The first kappa shape index (κ1) is 16.2. The van der Waals surface area contributed by atoms with Crippen LogP contribution >= 0.6 is 11.8 Å². The maximum absolute atomic E-state index is 12.5. The van der Waals surface area contributed by atoms with Gasteiger partial charge >= 0.3 is 12.1 Å². The van der Waals surface area contributed by atoms with Gasteiger partial charge in [-0.2, -0.15) is 24.9 Å². The van der Waals surface area contributed by atoms with Crippen LogP contribution in [-0.4, -0.2) is 30.1 Å². The lowest BCUT2D eigenvalue weighted by atomic mass is 10.0. The fourth-order valence-electron chi connectivity index (χ4n) is 2.12. The van der Waals surface area contributed by atoms with Crippen LogP contribution in [0.15, 0.2) is 24.3 Å². The number of nitrogens with one attached hydrogen (secondary N) is 1. The average Bonchev–Trinajstić information content (AvgIpc) is 2.47. The zero-order valence-electron chi connectivity index (χ0n) is 11.4. The molecule has 1 N–H and O–H groups in total. The zero-order valence-corrected chi connectivity index (χ0v) is 12.3. The third-order valence-electron chi connectivity index (χ3n) is 3.18. The minimum atomic E-state index is -4.33. The van der Waals surface area contributed by atoms with Gasteiger partial charge in [-0.05, 0) is 24.6 Å². The molecule has 0 bridgehead atoms. The molecule has 1 aliphatic rings. The largest absolute Gasteiger partial charge is 0.465 e. The van der Waals surface area contributed by atoms with E-state index >= 15 is 0 Å². The van der Waals surface area contributed by atoms with Crippen molar-refractivity contribution < 1.29 is 22.7 Å². The van der Waals surface area contributed by atoms with Crippen molar-refractivity contribution in [1.29, 1.82) is 0 Å². The summed E-state index contributed by atoms with van der Waals surface area (Å²) in [6.07, 6.45) is -4.33. The highest BCUT2D eigenvalue weighted by Crippen LogP contribution is 2.31. The lowest BCUT2D eigenvalue weighted by Crippen LogP contribution is -2.46. The van der Waals surface area contributed by atoms with Crippen LogP contribution < -0.4 is 5.32 Å². The van der Waals surface area contributed by atoms with Gasteiger partial charge < -0.3 is 4.74 Å². The fourth-order valence-corrected chi connectivity index (χ4v) is 3.25. The van der Waals surface area contributed by atoms with Crippen molar-refractivity contribution in [1.82, 2.24) is 5.32 Å². The summed E-state index contributed by atoms with van der Waals surface area (Å²) in [5.41, 5.74) is 0.0705. The molecule has 1 aromatic rings. The Morgan fingerprint density at radius 2 is 2.00 bits per heavy atom. The first-order valence-electron chi connectivity index (χ1n) is 6.59. The van der Waals surface area contributed by atoms with Crippen molar-refractivity contribution in [2.45, 2.75) is 25.2 Å². The summed E-state index contributed by atoms with van der Waals surface area (Å²) in [6.45, 7) is 2.05. The van der Waals surface area contributed by atoms with Crippen molar-refractivity contribution >= 4 is 17.7 Å². The second-order valence-electron chi connectivity index (χ2n) is 4.68. The molecule has 7 heteroatoms. The third kappa shape index (κ3) is 4.14. The summed E-state index contributed by atoms with van der Waals surface area (Å²) in [7, 11) is 0. The number of rotatable bonds is 3. The van der Waals surface area contributed by atoms with E-state index in [-0.39, 0.29) is 12.0 Å². The number of thioether (sulfide) groups is 1. The lowest BCUT2D eigenvalue weighted by Gasteiger charge is -2.29. The normalized spacial score (nSPS) is 22.9. The van der Waals surface area contributed by atoms with E-state index in [9.17, 15) is 18.0 Å². The smallest absolute Gasteiger partial charge is 0.416 e. The molecular weight excluding hydrogens is 303 g/mol. The summed E-state index contributed by atoms with van der Waals surface area (Å²) in [4.78, 5) is 11.7. The molecule has 0 radical (unpaired) electrons. The molecule has 1 saturated heterocycles. The summed E-state index contributed by atoms with van der Waals surface area (Å²) in [6, 6.07) is 4.46. The van der Waals surface area contributed by atoms with Crippen molar-refractivity contribution in [2.75, 3.05) is 18.1 Å². The van der Waals surface area contributed by atoms with Gasteiger partial charge in [-0.15, -0.1) is 0 Å². The number of carbonyl (C=O) groups is 1. The Morgan fingerprint density at radius 1 is 1.33 bits per heavy atom. The molecule has 2 rings (SSSR count). The van der Waals surface area contributed by atoms with Crippen LogP contribution in [0.25, 0.3) is 0 Å². The molecular formula is C14H16F3NO2S. The second-order valence-corrected chi connectivity index (χ2v) is 5.76. The van der Waals surface area contributed by atoms with Gasteiger partial charge in [-0.3, -0.25) is 10.1 Å². The first-order valence-corrected chi connectivity index (χ1v) is 7.75. The molecule has 2 unspecified atom stereocenters. The van der Waals surface area contributed by atoms with Crippen molar-refractivity contribution in [3.05, 3.63) is 35.4 Å². The molecule has 2 atom stereocenters. The van der Waals surface area contributed by atoms with Crippen LogP contribution in [0.5, 0.6) is 0 Å². The maximum atomic E-state index is 12.5.